The summed E-state index contributed by atoms with van der Waals surface area (Å²) in [5.41, 5.74) is 0.235. The largest absolute Gasteiger partial charge is 0.485 e. The van der Waals surface area contributed by atoms with Gasteiger partial charge in [-0.05, 0) is 19.1 Å². The predicted molar refractivity (Wildman–Crippen MR) is 69.8 cm³/mol. The highest BCUT2D eigenvalue weighted by Gasteiger charge is 2.12. The van der Waals surface area contributed by atoms with Gasteiger partial charge in [0.25, 0.3) is 0 Å². The number of nitrogens with zero attached hydrogens (tertiary/aromatic N) is 2. The van der Waals surface area contributed by atoms with Crippen molar-refractivity contribution in [2.75, 3.05) is 0 Å². The Kier molecular flexibility index (Phi) is 4.34. The standard InChI is InChI=1S/C14H17FN2O3/c1-8(2)14-16-13(17-20-14)7-19-10-4-5-11(9(3)18)12(15)6-10/h4-6,8-9,18H,7H2,1-3H3/t9-/m1/s1. The van der Waals surface area contributed by atoms with E-state index in [1.54, 1.807) is 6.07 Å². The fourth-order valence-electron chi connectivity index (χ4n) is 1.64. The molecule has 2 rings (SSSR count). The lowest BCUT2D eigenvalue weighted by Crippen LogP contribution is -2.00. The average molecular weight is 280 g/mol. The molecule has 0 bridgehead atoms. The third kappa shape index (κ3) is 3.33. The molecular weight excluding hydrogens is 263 g/mol. The van der Waals surface area contributed by atoms with E-state index in [0.717, 1.165) is 0 Å². The number of hydrogen-bond acceptors (Lipinski definition) is 5. The van der Waals surface area contributed by atoms with Crippen molar-refractivity contribution >= 4 is 0 Å². The fraction of sp³-hybridized carbons (Fsp3) is 0.429. The van der Waals surface area contributed by atoms with Crippen molar-refractivity contribution in [3.8, 4) is 5.75 Å². The number of ether oxygens (including phenoxy) is 1. The fourth-order valence-corrected chi connectivity index (χ4v) is 1.64. The topological polar surface area (TPSA) is 68.4 Å². The van der Waals surface area contributed by atoms with Crippen LogP contribution in [0.3, 0.4) is 0 Å². The Morgan fingerprint density at radius 1 is 1.35 bits per heavy atom. The van der Waals surface area contributed by atoms with E-state index in [1.165, 1.54) is 19.1 Å². The van der Waals surface area contributed by atoms with E-state index in [9.17, 15) is 9.50 Å². The molecule has 0 aliphatic carbocycles. The third-order valence-corrected chi connectivity index (χ3v) is 2.77. The molecule has 1 N–H and O–H groups in total. The smallest absolute Gasteiger partial charge is 0.229 e. The van der Waals surface area contributed by atoms with Crippen molar-refractivity contribution in [3.05, 3.63) is 41.3 Å². The molecule has 0 saturated carbocycles. The maximum absolute atomic E-state index is 13.6. The minimum absolute atomic E-state index is 0.101. The number of halogens is 1. The molecule has 0 radical (unpaired) electrons. The molecule has 0 fully saturated rings. The zero-order chi connectivity index (χ0) is 14.7. The zero-order valence-electron chi connectivity index (χ0n) is 11.6. The maximum atomic E-state index is 13.6. The van der Waals surface area contributed by atoms with Gasteiger partial charge >= 0.3 is 0 Å². The quantitative estimate of drug-likeness (QED) is 0.912. The van der Waals surface area contributed by atoms with E-state index < -0.39 is 11.9 Å². The first-order chi connectivity index (χ1) is 9.47. The number of benzene rings is 1. The monoisotopic (exact) mass is 280 g/mol. The first kappa shape index (κ1) is 14.5. The lowest BCUT2D eigenvalue weighted by atomic mass is 10.1. The minimum atomic E-state index is -0.852. The summed E-state index contributed by atoms with van der Waals surface area (Å²) in [7, 11) is 0. The van der Waals surface area contributed by atoms with E-state index >= 15 is 0 Å². The first-order valence-electron chi connectivity index (χ1n) is 6.40. The zero-order valence-corrected chi connectivity index (χ0v) is 11.6. The molecule has 108 valence electrons. The summed E-state index contributed by atoms with van der Waals surface area (Å²) < 4.78 is 24.1. The molecule has 0 amide bonds. The van der Waals surface area contributed by atoms with E-state index in [0.29, 0.717) is 17.5 Å². The van der Waals surface area contributed by atoms with E-state index in [-0.39, 0.29) is 18.1 Å². The van der Waals surface area contributed by atoms with Crippen LogP contribution < -0.4 is 4.74 Å². The van der Waals surface area contributed by atoms with Crippen molar-refractivity contribution in [2.45, 2.75) is 39.4 Å². The van der Waals surface area contributed by atoms with Gasteiger partial charge < -0.3 is 14.4 Å². The Balaban J connectivity index is 2.01. The molecule has 1 heterocycles. The molecule has 1 aromatic carbocycles. The van der Waals surface area contributed by atoms with E-state index in [2.05, 4.69) is 10.1 Å². The van der Waals surface area contributed by atoms with Crippen LogP contribution in [-0.2, 0) is 6.61 Å². The van der Waals surface area contributed by atoms with Crippen molar-refractivity contribution < 1.29 is 18.8 Å². The van der Waals surface area contributed by atoms with Gasteiger partial charge in [0.2, 0.25) is 11.7 Å². The second kappa shape index (κ2) is 6.00. The number of aliphatic hydroxyl groups excluding tert-OH is 1. The third-order valence-electron chi connectivity index (χ3n) is 2.77. The van der Waals surface area contributed by atoms with Gasteiger partial charge in [0, 0.05) is 17.5 Å². The molecule has 0 aliphatic heterocycles. The van der Waals surface area contributed by atoms with Crippen LogP contribution in [0.25, 0.3) is 0 Å². The summed E-state index contributed by atoms with van der Waals surface area (Å²) in [6, 6.07) is 4.31. The van der Waals surface area contributed by atoms with Crippen LogP contribution in [-0.4, -0.2) is 15.2 Å². The molecule has 6 heteroatoms. The van der Waals surface area contributed by atoms with Crippen molar-refractivity contribution in [1.82, 2.24) is 10.1 Å². The maximum Gasteiger partial charge on any atom is 0.229 e. The predicted octanol–water partition coefficient (Wildman–Crippen LogP) is 2.96. The lowest BCUT2D eigenvalue weighted by Gasteiger charge is -2.08. The van der Waals surface area contributed by atoms with Crippen LogP contribution in [0.1, 0.15) is 50.1 Å². The highest BCUT2D eigenvalue weighted by atomic mass is 19.1. The molecular formula is C14H17FN2O3. The summed E-state index contributed by atoms with van der Waals surface area (Å²) >= 11 is 0. The van der Waals surface area contributed by atoms with E-state index in [1.807, 2.05) is 13.8 Å². The van der Waals surface area contributed by atoms with Crippen molar-refractivity contribution in [1.29, 1.82) is 0 Å². The summed E-state index contributed by atoms with van der Waals surface area (Å²) in [6.45, 7) is 5.50. The van der Waals surface area contributed by atoms with Gasteiger partial charge in [-0.15, -0.1) is 0 Å². The summed E-state index contributed by atoms with van der Waals surface area (Å²) in [5, 5.41) is 13.1. The Hall–Kier alpha value is -1.95. The SMILES string of the molecule is CC(C)c1nc(COc2ccc([C@@H](C)O)c(F)c2)no1. The molecule has 1 aromatic heterocycles. The second-order valence-electron chi connectivity index (χ2n) is 4.85. The highest BCUT2D eigenvalue weighted by molar-refractivity contribution is 5.30. The molecule has 0 spiro atoms. The van der Waals surface area contributed by atoms with Crippen LogP contribution in [0.5, 0.6) is 5.75 Å². The van der Waals surface area contributed by atoms with Crippen molar-refractivity contribution in [2.24, 2.45) is 0 Å². The number of hydrogen-bond donors (Lipinski definition) is 1. The Morgan fingerprint density at radius 3 is 2.65 bits per heavy atom. The van der Waals surface area contributed by atoms with Crippen molar-refractivity contribution in [3.63, 3.8) is 0 Å². The van der Waals surface area contributed by atoms with Gasteiger partial charge in [-0.2, -0.15) is 4.98 Å². The highest BCUT2D eigenvalue weighted by Crippen LogP contribution is 2.22. The van der Waals surface area contributed by atoms with Gasteiger partial charge in [-0.25, -0.2) is 4.39 Å². The molecule has 20 heavy (non-hydrogen) atoms. The van der Waals surface area contributed by atoms with Crippen LogP contribution >= 0.6 is 0 Å². The summed E-state index contributed by atoms with van der Waals surface area (Å²) in [5.74, 6) is 0.947. The molecule has 0 unspecified atom stereocenters. The number of aliphatic hydroxyl groups is 1. The minimum Gasteiger partial charge on any atom is -0.485 e. The number of rotatable bonds is 5. The van der Waals surface area contributed by atoms with Crippen LogP contribution in [0.4, 0.5) is 4.39 Å². The Bertz CT molecular complexity index is 582. The lowest BCUT2D eigenvalue weighted by molar-refractivity contribution is 0.193. The van der Waals surface area contributed by atoms with Gasteiger partial charge in [0.1, 0.15) is 11.6 Å². The Labute approximate surface area is 116 Å². The van der Waals surface area contributed by atoms with Gasteiger partial charge in [0.05, 0.1) is 6.10 Å². The molecule has 0 saturated heterocycles. The molecule has 2 aromatic rings. The molecule has 0 aliphatic rings. The Morgan fingerprint density at radius 2 is 2.10 bits per heavy atom. The van der Waals surface area contributed by atoms with Gasteiger partial charge in [-0.3, -0.25) is 0 Å². The molecule has 1 atom stereocenters. The second-order valence-corrected chi connectivity index (χ2v) is 4.85. The molecule has 5 nitrogen and oxygen atoms in total. The van der Waals surface area contributed by atoms with Gasteiger partial charge in [-0.1, -0.05) is 19.0 Å². The van der Waals surface area contributed by atoms with E-state index in [4.69, 9.17) is 9.26 Å². The summed E-state index contributed by atoms with van der Waals surface area (Å²) in [4.78, 5) is 4.16. The average Bonchev–Trinajstić information content (AvgIpc) is 2.85. The van der Waals surface area contributed by atoms with Gasteiger partial charge in [0.15, 0.2) is 6.61 Å². The number of aromatic nitrogens is 2. The summed E-state index contributed by atoms with van der Waals surface area (Å²) in [6.07, 6.45) is -0.852. The normalized spacial score (nSPS) is 12.7. The van der Waals surface area contributed by atoms with Crippen LogP contribution in [0, 0.1) is 5.82 Å². The van der Waals surface area contributed by atoms with Crippen LogP contribution in [0.2, 0.25) is 0 Å². The van der Waals surface area contributed by atoms with Crippen LogP contribution in [0.15, 0.2) is 22.7 Å². The first-order valence-corrected chi connectivity index (χ1v) is 6.40.